The van der Waals surface area contributed by atoms with Gasteiger partial charge in [-0.15, -0.1) is 0 Å². The van der Waals surface area contributed by atoms with Gasteiger partial charge in [-0.3, -0.25) is 0 Å². The van der Waals surface area contributed by atoms with Gasteiger partial charge in [0.15, 0.2) is 0 Å². The predicted molar refractivity (Wildman–Crippen MR) is 347 cm³/mol. The van der Waals surface area contributed by atoms with E-state index < -0.39 is 0 Å². The summed E-state index contributed by atoms with van der Waals surface area (Å²) in [5, 5.41) is 1.19. The Morgan fingerprint density at radius 2 is 0.634 bits per heavy atom. The van der Waals surface area contributed by atoms with E-state index in [2.05, 4.69) is 148 Å². The van der Waals surface area contributed by atoms with Crippen molar-refractivity contribution < 1.29 is 42.3 Å². The lowest BCUT2D eigenvalue weighted by Gasteiger charge is -2.23. The van der Waals surface area contributed by atoms with Crippen LogP contribution in [0.15, 0.2) is 97.1 Å². The van der Waals surface area contributed by atoms with Gasteiger partial charge in [0.25, 0.3) is 0 Å². The van der Waals surface area contributed by atoms with Crippen LogP contribution in [0.3, 0.4) is 0 Å². The molecule has 0 fully saturated rings. The maximum atomic E-state index is 13.3. The molecule has 0 aliphatic rings. The lowest BCUT2D eigenvalue weighted by molar-refractivity contribution is 0.382. The summed E-state index contributed by atoms with van der Waals surface area (Å²) < 4.78 is 55.1. The molecule has 11 heteroatoms. The van der Waals surface area contributed by atoms with Crippen LogP contribution in [0.2, 0.25) is 10.0 Å². The average Bonchev–Trinajstić information content (AvgIpc) is 3.38. The highest BCUT2D eigenvalue weighted by atomic mass is 35.5. The second-order valence-corrected chi connectivity index (χ2v) is 27.1. The zero-order valence-electron chi connectivity index (χ0n) is 55.6. The Balaban J connectivity index is 0.000000493. The lowest BCUT2D eigenvalue weighted by atomic mass is 9.84. The molecule has 0 saturated carbocycles. The van der Waals surface area contributed by atoms with Gasteiger partial charge < -0.3 is 37.9 Å². The molecule has 0 amide bonds. The molecule has 0 N–H and O–H groups in total. The van der Waals surface area contributed by atoms with Gasteiger partial charge in [0.2, 0.25) is 0 Å². The molecule has 0 unspecified atom stereocenters. The summed E-state index contributed by atoms with van der Waals surface area (Å²) >= 11 is 12.1. The van der Waals surface area contributed by atoms with Crippen LogP contribution in [0.25, 0.3) is 0 Å². The van der Waals surface area contributed by atoms with Crippen molar-refractivity contribution in [1.29, 1.82) is 0 Å². The van der Waals surface area contributed by atoms with Gasteiger partial charge in [-0.2, -0.15) is 0 Å². The van der Waals surface area contributed by atoms with Crippen LogP contribution in [-0.2, 0) is 32.5 Å². The molecule has 0 radical (unpaired) electrons. The standard InChI is InChI=1S/2C12H17ClO2.C12H18O2.2C12H18O.C11H15F/c1-12(2,3)8-6-11(15-5)9(13)7-10(8)14-4;1-12(2,3)8-6-9(13)11(15-5)7-10(8)14-4;1-12(2,3)10-7-6-9(13-4)8-11(10)14-5;1-9-8-10(13-5)6-7-11(9)12(2,3)4;1-9-6-7-10(13-5)8-11(9)12(2,3)4;1-8-5-6-10(12)9(7-8)11(2,3)4/h2*6-7H,1-5H3;6-8H,1-5H3;2*6-8H,1-5H3;5-7H,1-4H3. The number of ether oxygens (including phenoxy) is 8. The van der Waals surface area contributed by atoms with Crippen molar-refractivity contribution in [3.05, 3.63) is 163 Å². The van der Waals surface area contributed by atoms with Gasteiger partial charge in [0.1, 0.15) is 51.8 Å². The number of hydrogen-bond donors (Lipinski definition) is 0. The van der Waals surface area contributed by atoms with Gasteiger partial charge in [-0.05, 0) is 135 Å². The van der Waals surface area contributed by atoms with Gasteiger partial charge >= 0.3 is 0 Å². The van der Waals surface area contributed by atoms with E-state index in [4.69, 9.17) is 61.1 Å². The molecule has 0 aliphatic heterocycles. The zero-order valence-corrected chi connectivity index (χ0v) is 57.1. The van der Waals surface area contributed by atoms with E-state index in [0.717, 1.165) is 56.8 Å². The highest BCUT2D eigenvalue weighted by Gasteiger charge is 2.24. The summed E-state index contributed by atoms with van der Waals surface area (Å²) in [6.45, 7) is 44.8. The number of benzene rings is 6. The number of rotatable bonds is 8. The minimum Gasteiger partial charge on any atom is -0.497 e. The molecule has 6 aromatic carbocycles. The maximum Gasteiger partial charge on any atom is 0.141 e. The third-order valence-electron chi connectivity index (χ3n) is 13.2. The Kier molecular flexibility index (Phi) is 28.8. The van der Waals surface area contributed by atoms with Crippen molar-refractivity contribution in [2.75, 3.05) is 56.9 Å². The second kappa shape index (κ2) is 31.8. The largest absolute Gasteiger partial charge is 0.497 e. The zero-order chi connectivity index (χ0) is 63.5. The normalized spacial score (nSPS) is 11.4. The van der Waals surface area contributed by atoms with Crippen LogP contribution in [0.4, 0.5) is 4.39 Å². The highest BCUT2D eigenvalue weighted by molar-refractivity contribution is 6.32. The van der Waals surface area contributed by atoms with Crippen LogP contribution in [-0.4, -0.2) is 56.9 Å². The Morgan fingerprint density at radius 3 is 1.04 bits per heavy atom. The molecule has 6 rings (SSSR count). The first-order chi connectivity index (χ1) is 37.6. The second-order valence-electron chi connectivity index (χ2n) is 26.3. The van der Waals surface area contributed by atoms with Crippen LogP contribution in [0.5, 0.6) is 46.0 Å². The molecular weight excluding hydrogens is 1070 g/mol. The van der Waals surface area contributed by atoms with Gasteiger partial charge in [-0.1, -0.05) is 184 Å². The third-order valence-corrected chi connectivity index (χ3v) is 13.8. The van der Waals surface area contributed by atoms with E-state index in [9.17, 15) is 4.39 Å². The number of halogens is 3. The minimum atomic E-state index is -0.104. The summed E-state index contributed by atoms with van der Waals surface area (Å²) in [5.74, 6) is 6.42. The Morgan fingerprint density at radius 1 is 0.280 bits per heavy atom. The molecular formula is C71H103Cl2FO8. The first-order valence-electron chi connectivity index (χ1n) is 27.7. The molecule has 0 aliphatic carbocycles. The summed E-state index contributed by atoms with van der Waals surface area (Å²) in [4.78, 5) is 0. The first-order valence-corrected chi connectivity index (χ1v) is 28.5. The molecule has 0 spiro atoms. The summed E-state index contributed by atoms with van der Waals surface area (Å²) in [5.41, 5.74) is 11.0. The van der Waals surface area contributed by atoms with E-state index in [0.29, 0.717) is 21.5 Å². The fraction of sp³-hybridized carbons (Fsp3) is 0.493. The van der Waals surface area contributed by atoms with Crippen molar-refractivity contribution in [3.8, 4) is 46.0 Å². The van der Waals surface area contributed by atoms with Crippen LogP contribution in [0, 0.1) is 26.6 Å². The van der Waals surface area contributed by atoms with Crippen LogP contribution < -0.4 is 37.9 Å². The van der Waals surface area contributed by atoms with E-state index in [1.54, 1.807) is 69.0 Å². The predicted octanol–water partition coefficient (Wildman–Crippen LogP) is 20.3. The van der Waals surface area contributed by atoms with Crippen LogP contribution >= 0.6 is 23.2 Å². The quantitative estimate of drug-likeness (QED) is 0.149. The van der Waals surface area contributed by atoms with Crippen molar-refractivity contribution in [3.63, 3.8) is 0 Å². The van der Waals surface area contributed by atoms with E-state index >= 15 is 0 Å². The molecule has 456 valence electrons. The molecule has 0 bridgehead atoms. The third kappa shape index (κ3) is 23.5. The monoisotopic (exact) mass is 1170 g/mol. The van der Waals surface area contributed by atoms with Crippen molar-refractivity contribution in [2.45, 2.75) is 178 Å². The minimum absolute atomic E-state index is 0.00124. The molecule has 0 saturated heterocycles. The first kappa shape index (κ1) is 74.2. The smallest absolute Gasteiger partial charge is 0.141 e. The van der Waals surface area contributed by atoms with E-state index in [1.165, 1.54) is 33.9 Å². The highest BCUT2D eigenvalue weighted by Crippen LogP contribution is 2.41. The molecule has 6 aromatic rings. The van der Waals surface area contributed by atoms with Crippen molar-refractivity contribution in [2.24, 2.45) is 0 Å². The average molecular weight is 1170 g/mol. The lowest BCUT2D eigenvalue weighted by Crippen LogP contribution is -2.13. The molecule has 8 nitrogen and oxygen atoms in total. The molecule has 0 heterocycles. The number of hydrogen-bond acceptors (Lipinski definition) is 8. The van der Waals surface area contributed by atoms with Crippen molar-refractivity contribution >= 4 is 23.2 Å². The fourth-order valence-corrected chi connectivity index (χ4v) is 9.14. The van der Waals surface area contributed by atoms with E-state index in [1.807, 2.05) is 76.2 Å². The summed E-state index contributed by atoms with van der Waals surface area (Å²) in [6, 6.07) is 31.1. The van der Waals surface area contributed by atoms with Crippen LogP contribution in [0.1, 0.15) is 175 Å². The Bertz CT molecular complexity index is 2920. The topological polar surface area (TPSA) is 73.8 Å². The molecule has 0 aromatic heterocycles. The summed E-state index contributed by atoms with van der Waals surface area (Å²) in [6.07, 6.45) is 0. The maximum absolute atomic E-state index is 13.3. The van der Waals surface area contributed by atoms with Gasteiger partial charge in [-0.25, -0.2) is 4.39 Å². The SMILES string of the molecule is COc1cc(C(C)(C)C)c(OC)cc1Cl.COc1cc(OC)c(C(C)(C)C)cc1Cl.COc1ccc(C(C)(C)C)c(C)c1.COc1ccc(C(C)(C)C)c(OC)c1.COc1ccc(C)c(C(C)(C)C)c1.Cc1ccc(F)c(C(C)(C)C)c1. The Hall–Kier alpha value is -5.77. The number of aryl methyl sites for hydroxylation is 3. The number of methoxy groups -OCH3 is 8. The van der Waals surface area contributed by atoms with Crippen molar-refractivity contribution in [1.82, 2.24) is 0 Å². The van der Waals surface area contributed by atoms with E-state index in [-0.39, 0.29) is 38.3 Å². The van der Waals surface area contributed by atoms with Gasteiger partial charge in [0.05, 0.1) is 66.9 Å². The van der Waals surface area contributed by atoms with Gasteiger partial charge in [0, 0.05) is 29.3 Å². The summed E-state index contributed by atoms with van der Waals surface area (Å²) in [7, 11) is 13.3. The fourth-order valence-electron chi connectivity index (χ4n) is 8.67. The Labute approximate surface area is 506 Å². The molecule has 82 heavy (non-hydrogen) atoms. The molecule has 0 atom stereocenters.